The van der Waals surface area contributed by atoms with E-state index in [1.54, 1.807) is 0 Å². The summed E-state index contributed by atoms with van der Waals surface area (Å²) in [6.07, 6.45) is 12.9. The van der Waals surface area contributed by atoms with Crippen molar-refractivity contribution in [2.75, 3.05) is 0 Å². The Morgan fingerprint density at radius 1 is 0.630 bits per heavy atom. The molecule has 2 aromatic carbocycles. The molecular weight excluding hydrogens is 348 g/mol. The SMILES string of the molecule is CCCCCCCCC(CCCC)C(Cl)(c1ccccc1)c1ccccc1. The number of rotatable bonds is 13. The van der Waals surface area contributed by atoms with Crippen molar-refractivity contribution >= 4 is 11.6 Å². The largest absolute Gasteiger partial charge is 0.109 e. The van der Waals surface area contributed by atoms with Gasteiger partial charge in [0.25, 0.3) is 0 Å². The molecule has 148 valence electrons. The van der Waals surface area contributed by atoms with Crippen LogP contribution in [0.1, 0.15) is 89.2 Å². The Hall–Kier alpha value is -1.27. The van der Waals surface area contributed by atoms with Gasteiger partial charge in [-0.1, -0.05) is 126 Å². The fraction of sp³-hybridized carbons (Fsp3) is 0.538. The molecule has 1 atom stereocenters. The molecule has 0 aliphatic heterocycles. The summed E-state index contributed by atoms with van der Waals surface area (Å²) in [6.45, 7) is 4.56. The molecule has 0 N–H and O–H groups in total. The van der Waals surface area contributed by atoms with E-state index in [1.165, 1.54) is 75.3 Å². The van der Waals surface area contributed by atoms with Crippen molar-refractivity contribution in [2.45, 2.75) is 82.9 Å². The third kappa shape index (κ3) is 6.39. The van der Waals surface area contributed by atoms with Crippen LogP contribution in [0.3, 0.4) is 0 Å². The van der Waals surface area contributed by atoms with Crippen LogP contribution in [0.25, 0.3) is 0 Å². The molecule has 0 heterocycles. The Balaban J connectivity index is 2.22. The van der Waals surface area contributed by atoms with Gasteiger partial charge < -0.3 is 0 Å². The van der Waals surface area contributed by atoms with Gasteiger partial charge in [0, 0.05) is 0 Å². The van der Waals surface area contributed by atoms with Gasteiger partial charge in [-0.15, -0.1) is 11.6 Å². The van der Waals surface area contributed by atoms with Crippen molar-refractivity contribution in [3.8, 4) is 0 Å². The van der Waals surface area contributed by atoms with Crippen LogP contribution in [0, 0.1) is 5.92 Å². The Morgan fingerprint density at radius 2 is 1.07 bits per heavy atom. The first-order chi connectivity index (χ1) is 13.2. The molecule has 0 amide bonds. The minimum atomic E-state index is -0.429. The second kappa shape index (κ2) is 12.2. The summed E-state index contributed by atoms with van der Waals surface area (Å²) < 4.78 is 0. The van der Waals surface area contributed by atoms with Crippen molar-refractivity contribution in [1.82, 2.24) is 0 Å². The first kappa shape index (κ1) is 22.0. The van der Waals surface area contributed by atoms with Crippen LogP contribution in [0.5, 0.6) is 0 Å². The molecular formula is C26H37Cl. The Labute approximate surface area is 172 Å². The minimum Gasteiger partial charge on any atom is -0.109 e. The van der Waals surface area contributed by atoms with E-state index in [0.717, 1.165) is 0 Å². The fourth-order valence-electron chi connectivity index (χ4n) is 4.16. The van der Waals surface area contributed by atoms with Crippen LogP contribution in [-0.2, 0) is 4.87 Å². The van der Waals surface area contributed by atoms with Crippen molar-refractivity contribution in [3.05, 3.63) is 71.8 Å². The van der Waals surface area contributed by atoms with Gasteiger partial charge in [0.2, 0.25) is 0 Å². The molecule has 0 bridgehead atoms. The summed E-state index contributed by atoms with van der Waals surface area (Å²) in [5.41, 5.74) is 2.48. The van der Waals surface area contributed by atoms with E-state index in [1.807, 2.05) is 0 Å². The van der Waals surface area contributed by atoms with Crippen molar-refractivity contribution in [2.24, 2.45) is 5.92 Å². The van der Waals surface area contributed by atoms with Crippen molar-refractivity contribution in [3.63, 3.8) is 0 Å². The maximum Gasteiger partial charge on any atom is 0.0972 e. The summed E-state index contributed by atoms with van der Waals surface area (Å²) in [7, 11) is 0. The van der Waals surface area contributed by atoms with E-state index in [0.29, 0.717) is 5.92 Å². The van der Waals surface area contributed by atoms with E-state index in [-0.39, 0.29) is 0 Å². The van der Waals surface area contributed by atoms with Crippen LogP contribution in [0.2, 0.25) is 0 Å². The molecule has 0 fully saturated rings. The first-order valence-electron chi connectivity index (χ1n) is 11.0. The molecule has 0 nitrogen and oxygen atoms in total. The second-order valence-electron chi connectivity index (χ2n) is 7.84. The topological polar surface area (TPSA) is 0 Å². The molecule has 2 aromatic rings. The lowest BCUT2D eigenvalue weighted by molar-refractivity contribution is 0.343. The normalized spacial score (nSPS) is 12.9. The summed E-state index contributed by atoms with van der Waals surface area (Å²) in [5.74, 6) is 0.468. The highest BCUT2D eigenvalue weighted by molar-refractivity contribution is 6.26. The molecule has 0 saturated carbocycles. The van der Waals surface area contributed by atoms with Crippen LogP contribution < -0.4 is 0 Å². The molecule has 0 aliphatic rings. The van der Waals surface area contributed by atoms with Gasteiger partial charge in [0.15, 0.2) is 0 Å². The molecule has 0 spiro atoms. The summed E-state index contributed by atoms with van der Waals surface area (Å²) in [4.78, 5) is -0.429. The monoisotopic (exact) mass is 384 g/mol. The van der Waals surface area contributed by atoms with Gasteiger partial charge in [-0.2, -0.15) is 0 Å². The third-order valence-corrected chi connectivity index (χ3v) is 6.51. The Morgan fingerprint density at radius 3 is 1.59 bits per heavy atom. The predicted octanol–water partition coefficient (Wildman–Crippen LogP) is 8.73. The Bertz CT molecular complexity index is 565. The van der Waals surface area contributed by atoms with E-state index >= 15 is 0 Å². The van der Waals surface area contributed by atoms with E-state index in [9.17, 15) is 0 Å². The number of unbranched alkanes of at least 4 members (excludes halogenated alkanes) is 6. The van der Waals surface area contributed by atoms with Gasteiger partial charge in [-0.05, 0) is 29.9 Å². The zero-order valence-electron chi connectivity index (χ0n) is 17.3. The molecule has 0 radical (unpaired) electrons. The van der Waals surface area contributed by atoms with E-state index in [4.69, 9.17) is 11.6 Å². The molecule has 0 aromatic heterocycles. The number of hydrogen-bond donors (Lipinski definition) is 0. The van der Waals surface area contributed by atoms with Crippen molar-refractivity contribution < 1.29 is 0 Å². The van der Waals surface area contributed by atoms with E-state index < -0.39 is 4.87 Å². The minimum absolute atomic E-state index is 0.429. The van der Waals surface area contributed by atoms with Gasteiger partial charge in [0.1, 0.15) is 0 Å². The van der Waals surface area contributed by atoms with Gasteiger partial charge in [-0.3, -0.25) is 0 Å². The number of alkyl halides is 1. The first-order valence-corrected chi connectivity index (χ1v) is 11.4. The predicted molar refractivity (Wildman–Crippen MR) is 121 cm³/mol. The van der Waals surface area contributed by atoms with Gasteiger partial charge in [0.05, 0.1) is 4.87 Å². The molecule has 0 aliphatic carbocycles. The molecule has 1 unspecified atom stereocenters. The van der Waals surface area contributed by atoms with Crippen LogP contribution in [0.4, 0.5) is 0 Å². The number of benzene rings is 2. The highest BCUT2D eigenvalue weighted by Crippen LogP contribution is 2.47. The third-order valence-electron chi connectivity index (χ3n) is 5.76. The van der Waals surface area contributed by atoms with Crippen LogP contribution in [0.15, 0.2) is 60.7 Å². The highest BCUT2D eigenvalue weighted by atomic mass is 35.5. The summed E-state index contributed by atoms with van der Waals surface area (Å²) in [5, 5.41) is 0. The highest BCUT2D eigenvalue weighted by Gasteiger charge is 2.39. The average molecular weight is 385 g/mol. The quantitative estimate of drug-likeness (QED) is 0.239. The van der Waals surface area contributed by atoms with Crippen LogP contribution >= 0.6 is 11.6 Å². The summed E-state index contributed by atoms with van der Waals surface area (Å²) >= 11 is 7.55. The lowest BCUT2D eigenvalue weighted by Crippen LogP contribution is -2.31. The number of hydrogen-bond acceptors (Lipinski definition) is 0. The molecule has 0 saturated heterocycles. The maximum atomic E-state index is 7.55. The number of halogens is 1. The average Bonchev–Trinajstić information content (AvgIpc) is 2.73. The summed E-state index contributed by atoms with van der Waals surface area (Å²) in [6, 6.07) is 21.5. The molecule has 1 heteroatoms. The molecule has 2 rings (SSSR count). The van der Waals surface area contributed by atoms with Gasteiger partial charge in [-0.25, -0.2) is 0 Å². The molecule has 27 heavy (non-hydrogen) atoms. The van der Waals surface area contributed by atoms with E-state index in [2.05, 4.69) is 74.5 Å². The van der Waals surface area contributed by atoms with Crippen molar-refractivity contribution in [1.29, 1.82) is 0 Å². The zero-order valence-corrected chi connectivity index (χ0v) is 18.1. The smallest absolute Gasteiger partial charge is 0.0972 e. The van der Waals surface area contributed by atoms with Gasteiger partial charge >= 0.3 is 0 Å². The standard InChI is InChI=1S/C26H37Cl/c1-3-5-7-8-9-12-18-23(17-6-4-2)26(27,24-19-13-10-14-20-24)25-21-15-11-16-22-25/h10-11,13-16,19-23H,3-9,12,17-18H2,1-2H3. The Kier molecular flexibility index (Phi) is 9.98. The fourth-order valence-corrected chi connectivity index (χ4v) is 4.63. The zero-order chi connectivity index (χ0) is 19.4. The lowest BCUT2D eigenvalue weighted by Gasteiger charge is -2.37. The van der Waals surface area contributed by atoms with Crippen LogP contribution in [-0.4, -0.2) is 0 Å². The lowest BCUT2D eigenvalue weighted by atomic mass is 9.75. The maximum absolute atomic E-state index is 7.55. The second-order valence-corrected chi connectivity index (χ2v) is 8.44.